The fourth-order valence-corrected chi connectivity index (χ4v) is 5.61. The maximum absolute atomic E-state index is 5.63. The summed E-state index contributed by atoms with van der Waals surface area (Å²) in [5.41, 5.74) is 6.18. The summed E-state index contributed by atoms with van der Waals surface area (Å²) >= 11 is 3.59. The lowest BCUT2D eigenvalue weighted by molar-refractivity contribution is 0.415. The van der Waals surface area contributed by atoms with Crippen LogP contribution in [0.4, 0.5) is 23.1 Å². The van der Waals surface area contributed by atoms with Crippen molar-refractivity contribution >= 4 is 63.3 Å². The summed E-state index contributed by atoms with van der Waals surface area (Å²) in [6, 6.07) is 8.23. The Bertz CT molecular complexity index is 1360. The van der Waals surface area contributed by atoms with Gasteiger partial charge in [-0.15, -0.1) is 0 Å². The van der Waals surface area contributed by atoms with Gasteiger partial charge in [-0.3, -0.25) is 9.97 Å². The first-order chi connectivity index (χ1) is 16.5. The molecule has 8 nitrogen and oxygen atoms in total. The van der Waals surface area contributed by atoms with E-state index < -0.39 is 7.92 Å². The number of rotatable bonds is 6. The van der Waals surface area contributed by atoms with Gasteiger partial charge in [0.05, 0.1) is 28.3 Å². The van der Waals surface area contributed by atoms with Crippen molar-refractivity contribution in [2.75, 3.05) is 37.6 Å². The molecule has 2 aromatic heterocycles. The van der Waals surface area contributed by atoms with Crippen LogP contribution in [0, 0.1) is 0 Å². The van der Waals surface area contributed by atoms with Gasteiger partial charge in [-0.25, -0.2) is 4.98 Å². The molecular weight excluding hydrogens is 513 g/mol. The second-order valence-electron chi connectivity index (χ2n) is 8.17. The highest BCUT2D eigenvalue weighted by Gasteiger charge is 2.17. The minimum atomic E-state index is -0.442. The molecule has 0 spiro atoms. The second-order valence-corrected chi connectivity index (χ2v) is 11.3. The number of nitrogens with one attached hydrogen (secondary N) is 3. The molecule has 10 heteroatoms. The monoisotopic (exact) mass is 537 g/mol. The van der Waals surface area contributed by atoms with Crippen LogP contribution >= 0.6 is 23.9 Å². The number of nitrogens with zero attached hydrogens (tertiary/aromatic N) is 4. The molecule has 34 heavy (non-hydrogen) atoms. The third kappa shape index (κ3) is 4.56. The van der Waals surface area contributed by atoms with Crippen LogP contribution < -0.4 is 26.0 Å². The Morgan fingerprint density at radius 3 is 2.71 bits per heavy atom. The first kappa shape index (κ1) is 22.9. The van der Waals surface area contributed by atoms with Gasteiger partial charge < -0.3 is 20.7 Å². The molecule has 1 aliphatic heterocycles. The summed E-state index contributed by atoms with van der Waals surface area (Å²) in [5, 5.41) is 11.4. The Labute approximate surface area is 207 Å². The van der Waals surface area contributed by atoms with Crippen molar-refractivity contribution in [2.24, 2.45) is 0 Å². The Kier molecular flexibility index (Phi) is 6.59. The van der Waals surface area contributed by atoms with E-state index in [-0.39, 0.29) is 0 Å². The van der Waals surface area contributed by atoms with Crippen LogP contribution in [0.5, 0.6) is 5.75 Å². The van der Waals surface area contributed by atoms with E-state index in [1.54, 1.807) is 25.7 Å². The van der Waals surface area contributed by atoms with Gasteiger partial charge in [0.1, 0.15) is 11.6 Å². The van der Waals surface area contributed by atoms with Crippen LogP contribution in [0.2, 0.25) is 0 Å². The average molecular weight is 538 g/mol. The first-order valence-corrected chi connectivity index (χ1v) is 13.9. The molecule has 0 aliphatic carbocycles. The molecule has 174 valence electrons. The molecule has 0 fully saturated rings. The molecule has 0 atom stereocenters. The zero-order chi connectivity index (χ0) is 23.7. The molecule has 0 radical (unpaired) electrons. The smallest absolute Gasteiger partial charge is 0.229 e. The quantitative estimate of drug-likeness (QED) is 0.305. The van der Waals surface area contributed by atoms with Gasteiger partial charge in [-0.05, 0) is 77.6 Å². The minimum Gasteiger partial charge on any atom is -0.495 e. The lowest BCUT2D eigenvalue weighted by Gasteiger charge is -2.21. The lowest BCUT2D eigenvalue weighted by atomic mass is 10.00. The molecule has 0 saturated heterocycles. The fraction of sp³-hybridized carbons (Fsp3) is 0.250. The molecule has 1 aliphatic rings. The second kappa shape index (κ2) is 9.78. The van der Waals surface area contributed by atoms with Gasteiger partial charge in [0, 0.05) is 36.1 Å². The van der Waals surface area contributed by atoms with Crippen molar-refractivity contribution in [1.29, 1.82) is 0 Å². The van der Waals surface area contributed by atoms with Crippen molar-refractivity contribution in [2.45, 2.75) is 13.0 Å². The molecule has 2 aromatic carbocycles. The third-order valence-corrected chi connectivity index (χ3v) is 7.64. The zero-order valence-corrected chi connectivity index (χ0v) is 21.7. The summed E-state index contributed by atoms with van der Waals surface area (Å²) in [6.45, 7) is 6.25. The van der Waals surface area contributed by atoms with E-state index in [4.69, 9.17) is 9.72 Å². The number of aromatic nitrogens is 4. The maximum atomic E-state index is 5.63. The van der Waals surface area contributed by atoms with Gasteiger partial charge in [-0.1, -0.05) is 7.92 Å². The van der Waals surface area contributed by atoms with Crippen LogP contribution in [-0.4, -0.2) is 46.9 Å². The number of methoxy groups -OCH3 is 1. The molecule has 3 N–H and O–H groups in total. The molecular formula is C24H25BrN7OP. The van der Waals surface area contributed by atoms with Crippen molar-refractivity contribution in [3.8, 4) is 5.75 Å². The Morgan fingerprint density at radius 2 is 1.88 bits per heavy atom. The number of hydrogen-bond acceptors (Lipinski definition) is 8. The van der Waals surface area contributed by atoms with Crippen molar-refractivity contribution in [3.63, 3.8) is 0 Å². The van der Waals surface area contributed by atoms with Crippen molar-refractivity contribution in [1.82, 2.24) is 25.3 Å². The van der Waals surface area contributed by atoms with E-state index in [9.17, 15) is 0 Å². The summed E-state index contributed by atoms with van der Waals surface area (Å²) in [6.07, 6.45) is 6.18. The highest BCUT2D eigenvalue weighted by atomic mass is 79.9. The molecule has 3 heterocycles. The minimum absolute atomic E-state index is 0.442. The third-order valence-electron chi connectivity index (χ3n) is 5.71. The summed E-state index contributed by atoms with van der Waals surface area (Å²) in [7, 11) is 1.23. The molecule has 0 amide bonds. The Hall–Kier alpha value is -2.87. The molecule has 0 unspecified atom stereocenters. The van der Waals surface area contributed by atoms with E-state index in [1.165, 1.54) is 11.1 Å². The Balaban J connectivity index is 1.49. The van der Waals surface area contributed by atoms with E-state index in [2.05, 4.69) is 72.3 Å². The van der Waals surface area contributed by atoms with Crippen molar-refractivity contribution < 1.29 is 4.74 Å². The van der Waals surface area contributed by atoms with Crippen molar-refractivity contribution in [3.05, 3.63) is 58.5 Å². The van der Waals surface area contributed by atoms with E-state index in [0.29, 0.717) is 11.8 Å². The average Bonchev–Trinajstić information content (AvgIpc) is 2.85. The van der Waals surface area contributed by atoms with Crippen LogP contribution in [0.15, 0.2) is 47.3 Å². The molecule has 4 aromatic rings. The summed E-state index contributed by atoms with van der Waals surface area (Å²) < 4.78 is 6.40. The molecule has 0 saturated carbocycles. The van der Waals surface area contributed by atoms with E-state index in [0.717, 1.165) is 57.4 Å². The SMILES string of the molecule is COc1cc2c(cc1Nc1ncc(Br)c(Nc3ccc4nccnc4c3P(C)C)n1)CCNC2. The van der Waals surface area contributed by atoms with Gasteiger partial charge in [0.15, 0.2) is 0 Å². The van der Waals surface area contributed by atoms with Gasteiger partial charge in [-0.2, -0.15) is 4.98 Å². The number of hydrogen-bond donors (Lipinski definition) is 3. The number of halogens is 1. The van der Waals surface area contributed by atoms with Gasteiger partial charge in [0.2, 0.25) is 5.95 Å². The molecule has 5 rings (SSSR count). The van der Waals surface area contributed by atoms with E-state index >= 15 is 0 Å². The highest BCUT2D eigenvalue weighted by molar-refractivity contribution is 9.10. The number of benzene rings is 2. The first-order valence-electron chi connectivity index (χ1n) is 10.9. The molecule has 0 bridgehead atoms. The summed E-state index contributed by atoms with van der Waals surface area (Å²) in [4.78, 5) is 18.3. The van der Waals surface area contributed by atoms with Crippen LogP contribution in [0.1, 0.15) is 11.1 Å². The van der Waals surface area contributed by atoms with Gasteiger partial charge in [0.25, 0.3) is 0 Å². The lowest BCUT2D eigenvalue weighted by Crippen LogP contribution is -2.23. The number of anilines is 4. The van der Waals surface area contributed by atoms with Crippen LogP contribution in [-0.2, 0) is 13.0 Å². The van der Waals surface area contributed by atoms with E-state index in [1.807, 2.05) is 12.1 Å². The Morgan fingerprint density at radius 1 is 1.03 bits per heavy atom. The fourth-order valence-electron chi connectivity index (χ4n) is 4.12. The maximum Gasteiger partial charge on any atom is 0.229 e. The van der Waals surface area contributed by atoms with Crippen LogP contribution in [0.3, 0.4) is 0 Å². The normalized spacial score (nSPS) is 13.1. The zero-order valence-electron chi connectivity index (χ0n) is 19.2. The summed E-state index contributed by atoms with van der Waals surface area (Å²) in [5.74, 6) is 1.91. The largest absolute Gasteiger partial charge is 0.495 e. The van der Waals surface area contributed by atoms with Crippen LogP contribution in [0.25, 0.3) is 11.0 Å². The highest BCUT2D eigenvalue weighted by Crippen LogP contribution is 2.35. The number of fused-ring (bicyclic) bond motifs is 2. The topological polar surface area (TPSA) is 96.9 Å². The number of ether oxygens (including phenoxy) is 1. The standard InChI is InChI=1S/C24H25BrN7OP/c1-33-20-11-15-12-26-7-6-14(15)10-19(20)31-24-29-13-16(25)23(32-24)30-18-5-4-17-21(22(18)34(2)3)28-9-8-27-17/h4-5,8-11,13,26H,6-7,12H2,1-3H3,(H2,29,30,31,32). The predicted molar refractivity (Wildman–Crippen MR) is 143 cm³/mol. The van der Waals surface area contributed by atoms with Gasteiger partial charge >= 0.3 is 0 Å². The predicted octanol–water partition coefficient (Wildman–Crippen LogP) is 4.69.